The van der Waals surface area contributed by atoms with Crippen molar-refractivity contribution in [2.75, 3.05) is 0 Å². The van der Waals surface area contributed by atoms with Gasteiger partial charge in [-0.2, -0.15) is 0 Å². The molecule has 2 atom stereocenters. The number of aromatic nitrogens is 2. The molecule has 0 bridgehead atoms. The maximum absolute atomic E-state index is 13.2. The van der Waals surface area contributed by atoms with Crippen LogP contribution in [0.4, 0.5) is 0 Å². The van der Waals surface area contributed by atoms with Crippen molar-refractivity contribution < 1.29 is 19.8 Å². The maximum atomic E-state index is 13.2. The topological polar surface area (TPSA) is 153 Å². The van der Waals surface area contributed by atoms with Gasteiger partial charge >= 0.3 is 11.9 Å². The second kappa shape index (κ2) is 8.27. The summed E-state index contributed by atoms with van der Waals surface area (Å²) >= 11 is 0. The Hall–Kier alpha value is -5.12. The zero-order chi connectivity index (χ0) is 25.7. The van der Waals surface area contributed by atoms with Crippen LogP contribution in [0.25, 0.3) is 21.5 Å². The second-order valence-corrected chi connectivity index (χ2v) is 8.21. The van der Waals surface area contributed by atoms with Crippen LogP contribution < -0.4 is 22.2 Å². The molecule has 10 heteroatoms. The number of hydrogen-bond donors (Lipinski definition) is 2. The van der Waals surface area contributed by atoms with E-state index in [0.717, 1.165) is 12.1 Å². The van der Waals surface area contributed by atoms with E-state index in [-0.39, 0.29) is 32.7 Å². The quantitative estimate of drug-likeness (QED) is 0.365. The molecule has 2 heterocycles. The van der Waals surface area contributed by atoms with E-state index in [4.69, 9.17) is 0 Å². The smallest absolute Gasteiger partial charge is 0.331 e. The number of nitrogens with zero attached hydrogens (tertiary/aromatic N) is 2. The number of carbonyl (C=O) groups is 2. The van der Waals surface area contributed by atoms with Crippen molar-refractivity contribution in [2.45, 2.75) is 12.1 Å². The third kappa shape index (κ3) is 3.27. The fourth-order valence-electron chi connectivity index (χ4n) is 4.55. The molecule has 0 saturated carbocycles. The summed E-state index contributed by atoms with van der Waals surface area (Å²) in [6, 6.07) is 14.3. The molecule has 0 aliphatic heterocycles. The number of rotatable bonds is 6. The number of aliphatic carboxylic acids is 2. The fraction of sp³-hybridized carbons (Fsp3) is 0.0769. The van der Waals surface area contributed by atoms with Gasteiger partial charge in [0.25, 0.3) is 22.2 Å². The van der Waals surface area contributed by atoms with Crippen molar-refractivity contribution in [3.8, 4) is 0 Å². The van der Waals surface area contributed by atoms with Crippen LogP contribution in [-0.4, -0.2) is 31.3 Å². The lowest BCUT2D eigenvalue weighted by molar-refractivity contribution is -0.140. The predicted molar refractivity (Wildman–Crippen MR) is 129 cm³/mol. The van der Waals surface area contributed by atoms with Crippen LogP contribution in [-0.2, 0) is 9.59 Å². The van der Waals surface area contributed by atoms with Crippen molar-refractivity contribution in [3.63, 3.8) is 0 Å². The molecule has 5 rings (SSSR count). The second-order valence-electron chi connectivity index (χ2n) is 8.21. The molecule has 0 saturated heterocycles. The van der Waals surface area contributed by atoms with Gasteiger partial charge in [-0.05, 0) is 23.3 Å². The lowest BCUT2D eigenvalue weighted by Crippen LogP contribution is -2.35. The Morgan fingerprint density at radius 1 is 0.528 bits per heavy atom. The van der Waals surface area contributed by atoms with Crippen LogP contribution in [0.2, 0.25) is 0 Å². The van der Waals surface area contributed by atoms with Crippen molar-refractivity contribution in [1.82, 2.24) is 9.13 Å². The zero-order valence-electron chi connectivity index (χ0n) is 18.3. The summed E-state index contributed by atoms with van der Waals surface area (Å²) in [5, 5.41) is 18.6. The minimum absolute atomic E-state index is 0.192. The first-order chi connectivity index (χ1) is 17.2. The van der Waals surface area contributed by atoms with Crippen molar-refractivity contribution in [1.29, 1.82) is 0 Å². The van der Waals surface area contributed by atoms with Gasteiger partial charge in [0, 0.05) is 0 Å². The molecule has 5 aromatic rings. The van der Waals surface area contributed by atoms with Gasteiger partial charge in [0.1, 0.15) is 0 Å². The molecule has 36 heavy (non-hydrogen) atoms. The summed E-state index contributed by atoms with van der Waals surface area (Å²) in [6.07, 6.45) is 0. The molecular weight excluding hydrogens is 468 g/mol. The molecule has 0 aliphatic rings. The summed E-state index contributed by atoms with van der Waals surface area (Å²) in [6.45, 7) is 0. The van der Waals surface area contributed by atoms with Crippen LogP contribution in [0.3, 0.4) is 0 Å². The zero-order valence-corrected chi connectivity index (χ0v) is 18.3. The highest BCUT2D eigenvalue weighted by Crippen LogP contribution is 2.22. The Bertz CT molecular complexity index is 1660. The van der Waals surface area contributed by atoms with Gasteiger partial charge in [0.05, 0.1) is 21.5 Å². The van der Waals surface area contributed by atoms with E-state index in [1.807, 2.05) is 0 Å². The van der Waals surface area contributed by atoms with E-state index in [9.17, 15) is 39.0 Å². The summed E-state index contributed by atoms with van der Waals surface area (Å²) in [5.74, 6) is -2.87. The minimum atomic E-state index is -1.62. The predicted octanol–water partition coefficient (Wildman–Crippen LogP) is 1.26. The average Bonchev–Trinajstić information content (AvgIpc) is 3.25. The molecule has 178 valence electrons. The Balaban J connectivity index is 1.80. The van der Waals surface area contributed by atoms with Crippen LogP contribution in [0.15, 0.2) is 92.0 Å². The normalized spacial score (nSPS) is 13.1. The van der Waals surface area contributed by atoms with E-state index >= 15 is 0 Å². The Morgan fingerprint density at radius 3 is 1.06 bits per heavy atom. The third-order valence-electron chi connectivity index (χ3n) is 6.17. The van der Waals surface area contributed by atoms with Crippen molar-refractivity contribution in [2.24, 2.45) is 0 Å². The van der Waals surface area contributed by atoms with Crippen molar-refractivity contribution in [3.05, 3.63) is 125 Å². The van der Waals surface area contributed by atoms with E-state index < -0.39 is 46.3 Å². The van der Waals surface area contributed by atoms with Crippen molar-refractivity contribution >= 4 is 33.5 Å². The Kier molecular flexibility index (Phi) is 5.21. The number of benzene rings is 3. The van der Waals surface area contributed by atoms with E-state index in [2.05, 4.69) is 0 Å². The van der Waals surface area contributed by atoms with Gasteiger partial charge in [0.15, 0.2) is 12.1 Å². The van der Waals surface area contributed by atoms with Gasteiger partial charge < -0.3 is 10.2 Å². The van der Waals surface area contributed by atoms with Gasteiger partial charge in [0.2, 0.25) is 0 Å². The first-order valence-corrected chi connectivity index (χ1v) is 10.7. The Labute approximate surface area is 200 Å². The average molecular weight is 484 g/mol. The molecule has 2 N–H and O–H groups in total. The summed E-state index contributed by atoms with van der Waals surface area (Å²) in [4.78, 5) is 76.9. The molecule has 3 aromatic carbocycles. The molecule has 2 unspecified atom stereocenters. The highest BCUT2D eigenvalue weighted by Gasteiger charge is 2.31. The SMILES string of the molecule is O=C(O)C(c1ccccc1)n1c(=O)c2cc3c(=O)n(C(C(=O)O)c4ccccc4)c(=O)c3cc2c1=O. The molecule has 0 fully saturated rings. The largest absolute Gasteiger partial charge is 0.479 e. The van der Waals surface area contributed by atoms with Gasteiger partial charge in [-0.3, -0.25) is 28.3 Å². The molecule has 0 amide bonds. The molecule has 10 nitrogen and oxygen atoms in total. The lowest BCUT2D eigenvalue weighted by atomic mass is 10.1. The van der Waals surface area contributed by atoms with E-state index in [0.29, 0.717) is 9.13 Å². The molecular formula is C26H16N2O8. The molecule has 0 aliphatic carbocycles. The first-order valence-electron chi connectivity index (χ1n) is 10.7. The monoisotopic (exact) mass is 484 g/mol. The number of hydrogen-bond acceptors (Lipinski definition) is 6. The van der Waals surface area contributed by atoms with Gasteiger partial charge in [-0.25, -0.2) is 9.59 Å². The molecule has 2 aromatic heterocycles. The van der Waals surface area contributed by atoms with Gasteiger partial charge in [-0.1, -0.05) is 60.7 Å². The summed E-state index contributed by atoms with van der Waals surface area (Å²) < 4.78 is 1.16. The van der Waals surface area contributed by atoms with E-state index in [1.54, 1.807) is 36.4 Å². The Morgan fingerprint density at radius 2 is 0.806 bits per heavy atom. The molecule has 0 spiro atoms. The minimum Gasteiger partial charge on any atom is -0.479 e. The van der Waals surface area contributed by atoms with Crippen LogP contribution in [0.5, 0.6) is 0 Å². The number of carboxylic acid groups (broad SMARTS) is 2. The van der Waals surface area contributed by atoms with Gasteiger partial charge in [-0.15, -0.1) is 0 Å². The third-order valence-corrected chi connectivity index (χ3v) is 6.17. The number of fused-ring (bicyclic) bond motifs is 2. The molecule has 0 radical (unpaired) electrons. The van der Waals surface area contributed by atoms with E-state index in [1.165, 1.54) is 24.3 Å². The fourth-order valence-corrected chi connectivity index (χ4v) is 4.55. The van der Waals surface area contributed by atoms with Crippen LogP contribution in [0.1, 0.15) is 23.2 Å². The summed E-state index contributed by atoms with van der Waals surface area (Å²) in [7, 11) is 0. The highest BCUT2D eigenvalue weighted by molar-refractivity contribution is 5.98. The number of carboxylic acids is 2. The first kappa shape index (κ1) is 22.7. The van der Waals surface area contributed by atoms with Crippen LogP contribution >= 0.6 is 0 Å². The standard InChI is InChI=1S/C26H16N2O8/c29-21-15-11-17-18(24(32)28(23(17)31)20(26(35)36)14-9-5-2-6-10-14)12-16(15)22(30)27(21)19(25(33)34)13-7-3-1-4-8-13/h1-12,19-20H,(H,33,34)(H,35,36). The maximum Gasteiger partial charge on any atom is 0.331 e. The highest BCUT2D eigenvalue weighted by atomic mass is 16.4. The summed E-state index contributed by atoms with van der Waals surface area (Å²) in [5.41, 5.74) is -3.37. The van der Waals surface area contributed by atoms with Crippen LogP contribution in [0, 0.1) is 0 Å². The lowest BCUT2D eigenvalue weighted by Gasteiger charge is -2.12.